The van der Waals surface area contributed by atoms with Gasteiger partial charge in [0.2, 0.25) is 0 Å². The molecule has 5 rings (SSSR count). The lowest BCUT2D eigenvalue weighted by molar-refractivity contribution is 0.102. The van der Waals surface area contributed by atoms with Gasteiger partial charge in [0, 0.05) is 11.3 Å². The summed E-state index contributed by atoms with van der Waals surface area (Å²) in [7, 11) is 0. The molecule has 2 aromatic heterocycles. The maximum absolute atomic E-state index is 12.8. The van der Waals surface area contributed by atoms with Gasteiger partial charge in [0.05, 0.1) is 22.3 Å². The fourth-order valence-corrected chi connectivity index (χ4v) is 3.31. The summed E-state index contributed by atoms with van der Waals surface area (Å²) >= 11 is 0. The predicted octanol–water partition coefficient (Wildman–Crippen LogP) is 3.77. The van der Waals surface area contributed by atoms with E-state index in [4.69, 9.17) is 0 Å². The Balaban J connectivity index is 1.38. The molecular weight excluding hydrogens is 378 g/mol. The monoisotopic (exact) mass is 395 g/mol. The summed E-state index contributed by atoms with van der Waals surface area (Å²) in [4.78, 5) is 20.8. The van der Waals surface area contributed by atoms with Crippen molar-refractivity contribution in [3.8, 4) is 17.1 Å². The number of carbonyl (C=O) groups excluding carboxylic acids is 1. The molecule has 8 heteroatoms. The summed E-state index contributed by atoms with van der Waals surface area (Å²) in [5, 5.41) is 14.1. The molecule has 8 nitrogen and oxygen atoms in total. The van der Waals surface area contributed by atoms with E-state index in [1.165, 1.54) is 16.6 Å². The second-order valence-electron chi connectivity index (χ2n) is 6.91. The molecular formula is C22H17N7O. The summed E-state index contributed by atoms with van der Waals surface area (Å²) in [5.41, 5.74) is 5.81. The third-order valence-corrected chi connectivity index (χ3v) is 4.80. The van der Waals surface area contributed by atoms with Crippen molar-refractivity contribution in [1.29, 1.82) is 0 Å². The highest BCUT2D eigenvalue weighted by molar-refractivity contribution is 6.06. The highest BCUT2D eigenvalue weighted by Crippen LogP contribution is 2.23. The molecule has 0 saturated heterocycles. The number of anilines is 1. The molecule has 2 N–H and O–H groups in total. The first-order chi connectivity index (χ1) is 14.7. The van der Waals surface area contributed by atoms with Crippen molar-refractivity contribution in [1.82, 2.24) is 30.2 Å². The first-order valence-electron chi connectivity index (χ1n) is 9.38. The highest BCUT2D eigenvalue weighted by atomic mass is 16.1. The average Bonchev–Trinajstić information content (AvgIpc) is 3.44. The van der Waals surface area contributed by atoms with E-state index in [0.29, 0.717) is 16.9 Å². The van der Waals surface area contributed by atoms with E-state index in [9.17, 15) is 4.79 Å². The minimum atomic E-state index is -0.243. The Labute approximate surface area is 171 Å². The molecule has 0 unspecified atom stereocenters. The molecule has 5 aromatic rings. The van der Waals surface area contributed by atoms with Crippen LogP contribution in [0, 0.1) is 6.92 Å². The van der Waals surface area contributed by atoms with Gasteiger partial charge < -0.3 is 10.3 Å². The molecule has 1 amide bonds. The van der Waals surface area contributed by atoms with Crippen LogP contribution in [-0.2, 0) is 0 Å². The number of H-pyrrole nitrogens is 1. The summed E-state index contributed by atoms with van der Waals surface area (Å²) in [6, 6.07) is 20.8. The van der Waals surface area contributed by atoms with E-state index in [1.807, 2.05) is 42.5 Å². The number of hydrogen-bond acceptors (Lipinski definition) is 5. The summed E-state index contributed by atoms with van der Waals surface area (Å²) < 4.78 is 1.46. The highest BCUT2D eigenvalue weighted by Gasteiger charge is 2.14. The number of para-hydroxylation sites is 1. The van der Waals surface area contributed by atoms with Crippen molar-refractivity contribution < 1.29 is 4.79 Å². The fourth-order valence-electron chi connectivity index (χ4n) is 3.31. The molecule has 0 fully saturated rings. The topological polar surface area (TPSA) is 101 Å². The number of imidazole rings is 1. The van der Waals surface area contributed by atoms with Crippen molar-refractivity contribution in [2.24, 2.45) is 0 Å². The van der Waals surface area contributed by atoms with Crippen molar-refractivity contribution in [3.05, 3.63) is 84.2 Å². The molecule has 0 aliphatic carbocycles. The van der Waals surface area contributed by atoms with Gasteiger partial charge in [0.1, 0.15) is 12.2 Å². The number of nitrogens with zero attached hydrogens (tertiary/aromatic N) is 5. The maximum Gasteiger partial charge on any atom is 0.257 e. The Morgan fingerprint density at radius 3 is 2.67 bits per heavy atom. The molecule has 0 aliphatic heterocycles. The number of carbonyl (C=O) groups is 1. The zero-order valence-corrected chi connectivity index (χ0v) is 16.1. The third-order valence-electron chi connectivity index (χ3n) is 4.80. The zero-order valence-electron chi connectivity index (χ0n) is 16.1. The Morgan fingerprint density at radius 1 is 1.03 bits per heavy atom. The average molecular weight is 395 g/mol. The van der Waals surface area contributed by atoms with E-state index >= 15 is 0 Å². The molecule has 0 radical (unpaired) electrons. The molecule has 3 aromatic carbocycles. The normalized spacial score (nSPS) is 11.0. The number of aryl methyl sites for hydroxylation is 1. The molecule has 0 bridgehead atoms. The van der Waals surface area contributed by atoms with E-state index < -0.39 is 0 Å². The lowest BCUT2D eigenvalue weighted by Gasteiger charge is -2.09. The van der Waals surface area contributed by atoms with E-state index in [2.05, 4.69) is 43.8 Å². The maximum atomic E-state index is 12.8. The second-order valence-corrected chi connectivity index (χ2v) is 6.91. The Morgan fingerprint density at radius 2 is 1.87 bits per heavy atom. The molecule has 0 aliphatic rings. The van der Waals surface area contributed by atoms with Crippen LogP contribution >= 0.6 is 0 Å². The van der Waals surface area contributed by atoms with Gasteiger partial charge in [-0.3, -0.25) is 4.79 Å². The molecule has 146 valence electrons. The van der Waals surface area contributed by atoms with Crippen LogP contribution in [0.25, 0.3) is 28.1 Å². The number of amides is 1. The van der Waals surface area contributed by atoms with Crippen LogP contribution in [0.5, 0.6) is 0 Å². The molecule has 0 atom stereocenters. The van der Waals surface area contributed by atoms with Crippen LogP contribution in [-0.4, -0.2) is 36.1 Å². The molecule has 0 saturated carbocycles. The molecule has 2 heterocycles. The SMILES string of the molecule is Cc1ccc2nc(-c3ccc(NC(=O)c4ccccc4-n4cnnn4)cc3)[nH]c2c1. The lowest BCUT2D eigenvalue weighted by atomic mass is 10.1. The Bertz CT molecular complexity index is 1340. The first kappa shape index (κ1) is 17.7. The van der Waals surface area contributed by atoms with E-state index in [0.717, 1.165) is 22.4 Å². The van der Waals surface area contributed by atoms with Crippen LogP contribution in [0.4, 0.5) is 5.69 Å². The number of benzene rings is 3. The van der Waals surface area contributed by atoms with Crippen LogP contribution in [0.1, 0.15) is 15.9 Å². The number of rotatable bonds is 4. The van der Waals surface area contributed by atoms with Crippen molar-refractivity contribution >= 4 is 22.6 Å². The second kappa shape index (κ2) is 7.25. The van der Waals surface area contributed by atoms with Gasteiger partial charge in [0.15, 0.2) is 0 Å². The number of hydrogen-bond donors (Lipinski definition) is 2. The number of fused-ring (bicyclic) bond motifs is 1. The van der Waals surface area contributed by atoms with Crippen LogP contribution in [0.3, 0.4) is 0 Å². The van der Waals surface area contributed by atoms with Crippen molar-refractivity contribution in [2.75, 3.05) is 5.32 Å². The smallest absolute Gasteiger partial charge is 0.257 e. The number of aromatic amines is 1. The number of aromatic nitrogens is 6. The minimum absolute atomic E-state index is 0.243. The van der Waals surface area contributed by atoms with Gasteiger partial charge in [-0.05, 0) is 71.4 Å². The van der Waals surface area contributed by atoms with Gasteiger partial charge in [-0.2, -0.15) is 4.68 Å². The first-order valence-corrected chi connectivity index (χ1v) is 9.38. The van der Waals surface area contributed by atoms with Crippen LogP contribution in [0.2, 0.25) is 0 Å². The van der Waals surface area contributed by atoms with Crippen LogP contribution < -0.4 is 5.32 Å². The summed E-state index contributed by atoms with van der Waals surface area (Å²) in [5.74, 6) is 0.547. The van der Waals surface area contributed by atoms with Gasteiger partial charge in [0.25, 0.3) is 5.91 Å². The third kappa shape index (κ3) is 3.30. The van der Waals surface area contributed by atoms with Crippen molar-refractivity contribution in [2.45, 2.75) is 6.92 Å². The standard InChI is InChI=1S/C22H17N7O/c1-14-6-11-18-19(12-14)26-21(25-18)15-7-9-16(10-8-15)24-22(30)17-4-2-3-5-20(17)29-13-23-27-28-29/h2-13H,1H3,(H,24,30)(H,25,26). The summed E-state index contributed by atoms with van der Waals surface area (Å²) in [6.07, 6.45) is 1.45. The minimum Gasteiger partial charge on any atom is -0.338 e. The van der Waals surface area contributed by atoms with Gasteiger partial charge in [-0.1, -0.05) is 18.2 Å². The predicted molar refractivity (Wildman–Crippen MR) is 113 cm³/mol. The largest absolute Gasteiger partial charge is 0.338 e. The summed E-state index contributed by atoms with van der Waals surface area (Å²) in [6.45, 7) is 2.05. The van der Waals surface area contributed by atoms with Gasteiger partial charge in [-0.25, -0.2) is 4.98 Å². The van der Waals surface area contributed by atoms with E-state index in [-0.39, 0.29) is 5.91 Å². The zero-order chi connectivity index (χ0) is 20.5. The van der Waals surface area contributed by atoms with Crippen molar-refractivity contribution in [3.63, 3.8) is 0 Å². The number of tetrazole rings is 1. The van der Waals surface area contributed by atoms with Gasteiger partial charge >= 0.3 is 0 Å². The van der Waals surface area contributed by atoms with Gasteiger partial charge in [-0.15, -0.1) is 5.10 Å². The Kier molecular flexibility index (Phi) is 4.29. The Hall–Kier alpha value is -4.33. The quantitative estimate of drug-likeness (QED) is 0.482. The lowest BCUT2D eigenvalue weighted by Crippen LogP contribution is -2.15. The molecule has 30 heavy (non-hydrogen) atoms. The fraction of sp³-hybridized carbons (Fsp3) is 0.0455. The number of nitrogens with one attached hydrogen (secondary N) is 2. The molecule has 0 spiro atoms. The van der Waals surface area contributed by atoms with Crippen LogP contribution in [0.15, 0.2) is 73.1 Å². The van der Waals surface area contributed by atoms with E-state index in [1.54, 1.807) is 18.2 Å².